The number of rotatable bonds is 7. The summed E-state index contributed by atoms with van der Waals surface area (Å²) in [6.45, 7) is 8.96. The molecule has 1 aromatic carbocycles. The van der Waals surface area contributed by atoms with Crippen molar-refractivity contribution >= 4 is 0 Å². The zero-order valence-electron chi connectivity index (χ0n) is 12.5. The highest BCUT2D eigenvalue weighted by Gasteiger charge is 2.28. The minimum absolute atomic E-state index is 0.161. The van der Waals surface area contributed by atoms with Crippen LogP contribution < -0.4 is 5.32 Å². The Balaban J connectivity index is 2.87. The van der Waals surface area contributed by atoms with Crippen LogP contribution in [0, 0.1) is 0 Å². The number of hydrogen-bond donors (Lipinski definition) is 1. The first kappa shape index (κ1) is 15.2. The summed E-state index contributed by atoms with van der Waals surface area (Å²) in [5.41, 5.74) is 1.57. The Morgan fingerprint density at radius 2 is 1.89 bits per heavy atom. The van der Waals surface area contributed by atoms with Crippen molar-refractivity contribution in [2.75, 3.05) is 27.2 Å². The molecule has 0 saturated carbocycles. The standard InChI is InChI=1S/C16H28N2/c1-6-14(2)18(5)13-16(3,12-17-4)15-10-8-7-9-11-15/h7-11,14,17H,6,12-13H2,1-5H3. The predicted octanol–water partition coefficient (Wildman–Crippen LogP) is 2.89. The second-order valence-corrected chi connectivity index (χ2v) is 5.63. The van der Waals surface area contributed by atoms with Crippen LogP contribution in [0.4, 0.5) is 0 Å². The van der Waals surface area contributed by atoms with Gasteiger partial charge in [0.15, 0.2) is 0 Å². The van der Waals surface area contributed by atoms with Crippen LogP contribution >= 0.6 is 0 Å². The van der Waals surface area contributed by atoms with E-state index in [2.05, 4.69) is 68.4 Å². The quantitative estimate of drug-likeness (QED) is 0.798. The van der Waals surface area contributed by atoms with Gasteiger partial charge < -0.3 is 10.2 Å². The summed E-state index contributed by atoms with van der Waals surface area (Å²) >= 11 is 0. The molecule has 0 aromatic heterocycles. The molecule has 0 amide bonds. The summed E-state index contributed by atoms with van der Waals surface area (Å²) in [7, 11) is 4.26. The Morgan fingerprint density at radius 3 is 2.39 bits per heavy atom. The molecule has 2 nitrogen and oxygen atoms in total. The lowest BCUT2D eigenvalue weighted by atomic mass is 9.81. The summed E-state index contributed by atoms with van der Waals surface area (Å²) in [5.74, 6) is 0. The van der Waals surface area contributed by atoms with Gasteiger partial charge in [-0.05, 0) is 33.0 Å². The zero-order valence-corrected chi connectivity index (χ0v) is 12.5. The minimum atomic E-state index is 0.161. The van der Waals surface area contributed by atoms with Gasteiger partial charge in [-0.3, -0.25) is 0 Å². The zero-order chi connectivity index (χ0) is 13.6. The Labute approximate surface area is 112 Å². The van der Waals surface area contributed by atoms with Crippen molar-refractivity contribution in [3.05, 3.63) is 35.9 Å². The van der Waals surface area contributed by atoms with Crippen LogP contribution in [-0.4, -0.2) is 38.1 Å². The van der Waals surface area contributed by atoms with Gasteiger partial charge in [0, 0.05) is 24.5 Å². The molecule has 1 N–H and O–H groups in total. The van der Waals surface area contributed by atoms with Crippen LogP contribution in [-0.2, 0) is 5.41 Å². The van der Waals surface area contributed by atoms with Crippen LogP contribution in [0.5, 0.6) is 0 Å². The van der Waals surface area contributed by atoms with Crippen LogP contribution in [0.3, 0.4) is 0 Å². The maximum atomic E-state index is 3.34. The van der Waals surface area contributed by atoms with E-state index in [0.717, 1.165) is 13.1 Å². The van der Waals surface area contributed by atoms with Crippen LogP contribution in [0.25, 0.3) is 0 Å². The third-order valence-electron chi connectivity index (χ3n) is 3.98. The number of hydrogen-bond acceptors (Lipinski definition) is 2. The van der Waals surface area contributed by atoms with Crippen molar-refractivity contribution in [3.63, 3.8) is 0 Å². The smallest absolute Gasteiger partial charge is 0.0176 e. The summed E-state index contributed by atoms with van der Waals surface area (Å²) in [6, 6.07) is 11.5. The van der Waals surface area contributed by atoms with Crippen LogP contribution in [0.1, 0.15) is 32.8 Å². The van der Waals surface area contributed by atoms with E-state index in [-0.39, 0.29) is 5.41 Å². The van der Waals surface area contributed by atoms with Gasteiger partial charge in [0.1, 0.15) is 0 Å². The maximum absolute atomic E-state index is 3.34. The van der Waals surface area contributed by atoms with E-state index in [1.165, 1.54) is 12.0 Å². The molecule has 0 aliphatic carbocycles. The van der Waals surface area contributed by atoms with Gasteiger partial charge in [-0.25, -0.2) is 0 Å². The van der Waals surface area contributed by atoms with E-state index in [4.69, 9.17) is 0 Å². The average molecular weight is 248 g/mol. The van der Waals surface area contributed by atoms with Gasteiger partial charge in [-0.15, -0.1) is 0 Å². The third kappa shape index (κ3) is 3.82. The summed E-state index contributed by atoms with van der Waals surface area (Å²) in [4.78, 5) is 2.46. The fourth-order valence-corrected chi connectivity index (χ4v) is 2.50. The normalized spacial score (nSPS) is 16.6. The predicted molar refractivity (Wildman–Crippen MR) is 80.1 cm³/mol. The average Bonchev–Trinajstić information content (AvgIpc) is 2.39. The highest BCUT2D eigenvalue weighted by molar-refractivity contribution is 5.25. The molecule has 0 spiro atoms. The molecule has 18 heavy (non-hydrogen) atoms. The maximum Gasteiger partial charge on any atom is 0.0176 e. The van der Waals surface area contributed by atoms with Gasteiger partial charge >= 0.3 is 0 Å². The largest absolute Gasteiger partial charge is 0.319 e. The van der Waals surface area contributed by atoms with E-state index in [0.29, 0.717) is 6.04 Å². The second-order valence-electron chi connectivity index (χ2n) is 5.63. The topological polar surface area (TPSA) is 15.3 Å². The highest BCUT2D eigenvalue weighted by atomic mass is 15.1. The van der Waals surface area contributed by atoms with Gasteiger partial charge in [0.05, 0.1) is 0 Å². The molecule has 102 valence electrons. The van der Waals surface area contributed by atoms with Crippen molar-refractivity contribution in [2.45, 2.75) is 38.6 Å². The molecule has 2 unspecified atom stereocenters. The van der Waals surface area contributed by atoms with Gasteiger partial charge in [-0.2, -0.15) is 0 Å². The Morgan fingerprint density at radius 1 is 1.28 bits per heavy atom. The van der Waals surface area contributed by atoms with E-state index in [9.17, 15) is 0 Å². The first-order valence-corrected chi connectivity index (χ1v) is 6.94. The lowest BCUT2D eigenvalue weighted by molar-refractivity contribution is 0.197. The molecule has 0 saturated heterocycles. The first-order chi connectivity index (χ1) is 8.53. The molecular formula is C16H28N2. The van der Waals surface area contributed by atoms with Crippen molar-refractivity contribution in [1.29, 1.82) is 0 Å². The van der Waals surface area contributed by atoms with Crippen LogP contribution in [0.2, 0.25) is 0 Å². The molecule has 2 atom stereocenters. The van der Waals surface area contributed by atoms with Crippen molar-refractivity contribution < 1.29 is 0 Å². The third-order valence-corrected chi connectivity index (χ3v) is 3.98. The van der Waals surface area contributed by atoms with Crippen molar-refractivity contribution in [2.24, 2.45) is 0 Å². The molecule has 0 bridgehead atoms. The molecule has 2 heteroatoms. The number of likely N-dealkylation sites (N-methyl/N-ethyl adjacent to an activating group) is 2. The SMILES string of the molecule is CCC(C)N(C)CC(C)(CNC)c1ccccc1. The van der Waals surface area contributed by atoms with E-state index < -0.39 is 0 Å². The molecule has 0 heterocycles. The fourth-order valence-electron chi connectivity index (χ4n) is 2.50. The lowest BCUT2D eigenvalue weighted by Gasteiger charge is -2.36. The Bertz CT molecular complexity index is 336. The van der Waals surface area contributed by atoms with Gasteiger partial charge in [0.25, 0.3) is 0 Å². The molecule has 0 fully saturated rings. The first-order valence-electron chi connectivity index (χ1n) is 6.94. The number of nitrogens with zero attached hydrogens (tertiary/aromatic N) is 1. The monoisotopic (exact) mass is 248 g/mol. The second kappa shape index (κ2) is 6.91. The van der Waals surface area contributed by atoms with Gasteiger partial charge in [-0.1, -0.05) is 44.2 Å². The highest BCUT2D eigenvalue weighted by Crippen LogP contribution is 2.24. The van der Waals surface area contributed by atoms with Crippen molar-refractivity contribution in [1.82, 2.24) is 10.2 Å². The molecule has 0 aliphatic rings. The minimum Gasteiger partial charge on any atom is -0.319 e. The Hall–Kier alpha value is -0.860. The molecule has 0 radical (unpaired) electrons. The lowest BCUT2D eigenvalue weighted by Crippen LogP contribution is -2.46. The molecule has 1 rings (SSSR count). The molecular weight excluding hydrogens is 220 g/mol. The van der Waals surface area contributed by atoms with Crippen molar-refractivity contribution in [3.8, 4) is 0 Å². The summed E-state index contributed by atoms with van der Waals surface area (Å²) < 4.78 is 0. The number of benzene rings is 1. The fraction of sp³-hybridized carbons (Fsp3) is 0.625. The summed E-state index contributed by atoms with van der Waals surface area (Å²) in [5, 5.41) is 3.34. The van der Waals surface area contributed by atoms with Crippen LogP contribution in [0.15, 0.2) is 30.3 Å². The molecule has 0 aliphatic heterocycles. The van der Waals surface area contributed by atoms with Gasteiger partial charge in [0.2, 0.25) is 0 Å². The Kier molecular flexibility index (Phi) is 5.83. The summed E-state index contributed by atoms with van der Waals surface area (Å²) in [6.07, 6.45) is 1.20. The molecule has 1 aromatic rings. The van der Waals surface area contributed by atoms with E-state index >= 15 is 0 Å². The van der Waals surface area contributed by atoms with E-state index in [1.807, 2.05) is 7.05 Å². The number of nitrogens with one attached hydrogen (secondary N) is 1. The van der Waals surface area contributed by atoms with E-state index in [1.54, 1.807) is 0 Å².